The topological polar surface area (TPSA) is 119 Å². The Kier molecular flexibility index (Phi) is 5.67. The number of aliphatic carboxylic acids is 1. The standard InChI is InChI=1S/C15H20N2O6/c1-9(13(18)19)12(16-14(20)23-15(2,3)4)10-5-7-11(8-6-10)17(21)22/h5-9,12H,1-4H3,(H,16,20)(H,18,19). The van der Waals surface area contributed by atoms with Crippen molar-refractivity contribution in [2.75, 3.05) is 0 Å². The molecule has 2 unspecified atom stereocenters. The molecule has 1 rings (SSSR count). The average molecular weight is 324 g/mol. The molecule has 2 N–H and O–H groups in total. The Hall–Kier alpha value is -2.64. The molecule has 126 valence electrons. The van der Waals surface area contributed by atoms with Crippen LogP contribution >= 0.6 is 0 Å². The van der Waals surface area contributed by atoms with Gasteiger partial charge in [-0.25, -0.2) is 4.79 Å². The first-order valence-electron chi connectivity index (χ1n) is 6.98. The molecule has 8 heteroatoms. The molecule has 2 atom stereocenters. The van der Waals surface area contributed by atoms with E-state index in [0.29, 0.717) is 5.56 Å². The zero-order valence-corrected chi connectivity index (χ0v) is 13.4. The molecule has 0 spiro atoms. The van der Waals surface area contributed by atoms with Crippen molar-refractivity contribution in [2.24, 2.45) is 5.92 Å². The molecule has 1 aromatic rings. The number of nitro groups is 1. The number of nitrogens with zero attached hydrogens (tertiary/aromatic N) is 1. The van der Waals surface area contributed by atoms with Crippen LogP contribution in [0.1, 0.15) is 39.3 Å². The molecule has 0 aromatic heterocycles. The van der Waals surface area contributed by atoms with Crippen LogP contribution in [0.4, 0.5) is 10.5 Å². The number of carbonyl (C=O) groups is 2. The summed E-state index contributed by atoms with van der Waals surface area (Å²) >= 11 is 0. The van der Waals surface area contributed by atoms with E-state index in [-0.39, 0.29) is 5.69 Å². The number of hydrogen-bond acceptors (Lipinski definition) is 5. The van der Waals surface area contributed by atoms with Crippen molar-refractivity contribution in [1.29, 1.82) is 0 Å². The SMILES string of the molecule is CC(C(=O)O)C(NC(=O)OC(C)(C)C)c1ccc([N+](=O)[O-])cc1. The summed E-state index contributed by atoms with van der Waals surface area (Å²) in [5.41, 5.74) is -0.402. The Morgan fingerprint density at radius 2 is 1.78 bits per heavy atom. The first kappa shape index (κ1) is 18.4. The summed E-state index contributed by atoms with van der Waals surface area (Å²) in [6.07, 6.45) is -0.756. The Bertz CT molecular complexity index is 591. The number of rotatable bonds is 5. The molecule has 0 radical (unpaired) electrons. The molecule has 0 heterocycles. The quantitative estimate of drug-likeness (QED) is 0.635. The summed E-state index contributed by atoms with van der Waals surface area (Å²) < 4.78 is 5.13. The smallest absolute Gasteiger partial charge is 0.408 e. The van der Waals surface area contributed by atoms with Gasteiger partial charge in [-0.2, -0.15) is 0 Å². The van der Waals surface area contributed by atoms with Crippen molar-refractivity contribution < 1.29 is 24.4 Å². The number of nitrogens with one attached hydrogen (secondary N) is 1. The molecule has 0 aliphatic rings. The number of alkyl carbamates (subject to hydrolysis) is 1. The fraction of sp³-hybridized carbons (Fsp3) is 0.467. The van der Waals surface area contributed by atoms with Crippen molar-refractivity contribution >= 4 is 17.7 Å². The van der Waals surface area contributed by atoms with Crippen molar-refractivity contribution in [1.82, 2.24) is 5.32 Å². The second kappa shape index (κ2) is 7.08. The van der Waals surface area contributed by atoms with Crippen LogP contribution in [0.2, 0.25) is 0 Å². The summed E-state index contributed by atoms with van der Waals surface area (Å²) in [5, 5.41) is 22.4. The zero-order valence-electron chi connectivity index (χ0n) is 13.4. The minimum atomic E-state index is -1.11. The third-order valence-corrected chi connectivity index (χ3v) is 3.02. The van der Waals surface area contributed by atoms with E-state index in [1.165, 1.54) is 31.2 Å². The number of non-ortho nitro benzene ring substituents is 1. The average Bonchev–Trinajstić information content (AvgIpc) is 2.42. The predicted molar refractivity (Wildman–Crippen MR) is 82.0 cm³/mol. The molecule has 0 bridgehead atoms. The van der Waals surface area contributed by atoms with E-state index in [4.69, 9.17) is 4.74 Å². The lowest BCUT2D eigenvalue weighted by atomic mass is 9.94. The van der Waals surface area contributed by atoms with E-state index in [9.17, 15) is 24.8 Å². The van der Waals surface area contributed by atoms with Crippen LogP contribution in [0.15, 0.2) is 24.3 Å². The largest absolute Gasteiger partial charge is 0.481 e. The summed E-state index contributed by atoms with van der Waals surface area (Å²) in [7, 11) is 0. The molecular weight excluding hydrogens is 304 g/mol. The summed E-state index contributed by atoms with van der Waals surface area (Å²) in [5.74, 6) is -2.05. The van der Waals surface area contributed by atoms with Crippen molar-refractivity contribution in [3.63, 3.8) is 0 Å². The van der Waals surface area contributed by atoms with Gasteiger partial charge in [0.2, 0.25) is 0 Å². The van der Waals surface area contributed by atoms with E-state index >= 15 is 0 Å². The lowest BCUT2D eigenvalue weighted by Gasteiger charge is -2.26. The van der Waals surface area contributed by atoms with Crippen molar-refractivity contribution in [3.05, 3.63) is 39.9 Å². The van der Waals surface area contributed by atoms with Gasteiger partial charge in [-0.1, -0.05) is 12.1 Å². The molecule has 23 heavy (non-hydrogen) atoms. The van der Waals surface area contributed by atoms with Gasteiger partial charge in [-0.3, -0.25) is 14.9 Å². The maximum absolute atomic E-state index is 11.9. The number of hydrogen-bond donors (Lipinski definition) is 2. The lowest BCUT2D eigenvalue weighted by Crippen LogP contribution is -2.39. The van der Waals surface area contributed by atoms with Gasteiger partial charge < -0.3 is 15.2 Å². The molecule has 0 aliphatic carbocycles. The van der Waals surface area contributed by atoms with E-state index in [1.54, 1.807) is 20.8 Å². The molecule has 8 nitrogen and oxygen atoms in total. The fourth-order valence-corrected chi connectivity index (χ4v) is 1.88. The van der Waals surface area contributed by atoms with Crippen LogP contribution in [0.3, 0.4) is 0 Å². The number of carboxylic acid groups (broad SMARTS) is 1. The fourth-order valence-electron chi connectivity index (χ4n) is 1.88. The minimum Gasteiger partial charge on any atom is -0.481 e. The molecule has 1 amide bonds. The second-order valence-electron chi connectivity index (χ2n) is 6.10. The monoisotopic (exact) mass is 324 g/mol. The number of nitro benzene ring substituents is 1. The number of benzene rings is 1. The first-order valence-corrected chi connectivity index (χ1v) is 6.98. The van der Waals surface area contributed by atoms with Gasteiger partial charge in [0.1, 0.15) is 5.60 Å². The molecule has 0 fully saturated rings. The molecule has 0 aliphatic heterocycles. The van der Waals surface area contributed by atoms with Gasteiger partial charge >= 0.3 is 12.1 Å². The van der Waals surface area contributed by atoms with E-state index in [2.05, 4.69) is 5.32 Å². The highest BCUT2D eigenvalue weighted by molar-refractivity contribution is 5.74. The van der Waals surface area contributed by atoms with Gasteiger partial charge in [0.15, 0.2) is 0 Å². The van der Waals surface area contributed by atoms with Crippen LogP contribution in [-0.4, -0.2) is 27.7 Å². The molecule has 1 aromatic carbocycles. The summed E-state index contributed by atoms with van der Waals surface area (Å²) in [4.78, 5) is 33.3. The van der Waals surface area contributed by atoms with Gasteiger partial charge in [0, 0.05) is 12.1 Å². The summed E-state index contributed by atoms with van der Waals surface area (Å²) in [6.45, 7) is 6.50. The highest BCUT2D eigenvalue weighted by Gasteiger charge is 2.29. The molecule has 0 saturated heterocycles. The van der Waals surface area contributed by atoms with E-state index in [0.717, 1.165) is 0 Å². The van der Waals surface area contributed by atoms with Crippen LogP contribution in [-0.2, 0) is 9.53 Å². The first-order chi connectivity index (χ1) is 10.5. The Labute approximate surface area is 133 Å². The Morgan fingerprint density at radius 3 is 2.17 bits per heavy atom. The predicted octanol–water partition coefficient (Wildman–Crippen LogP) is 2.88. The summed E-state index contributed by atoms with van der Waals surface area (Å²) in [6, 6.07) is 4.48. The Balaban J connectivity index is 3.03. The van der Waals surface area contributed by atoms with E-state index in [1.807, 2.05) is 0 Å². The van der Waals surface area contributed by atoms with Crippen molar-refractivity contribution in [3.8, 4) is 0 Å². The maximum Gasteiger partial charge on any atom is 0.408 e. The van der Waals surface area contributed by atoms with E-state index < -0.39 is 34.5 Å². The van der Waals surface area contributed by atoms with Crippen LogP contribution in [0.25, 0.3) is 0 Å². The molecule has 0 saturated carbocycles. The van der Waals surface area contributed by atoms with Crippen LogP contribution < -0.4 is 5.32 Å². The van der Waals surface area contributed by atoms with Crippen molar-refractivity contribution in [2.45, 2.75) is 39.3 Å². The number of amides is 1. The van der Waals surface area contributed by atoms with Gasteiger partial charge in [0.25, 0.3) is 5.69 Å². The second-order valence-corrected chi connectivity index (χ2v) is 6.10. The maximum atomic E-state index is 11.9. The van der Waals surface area contributed by atoms with Crippen LogP contribution in [0.5, 0.6) is 0 Å². The lowest BCUT2D eigenvalue weighted by molar-refractivity contribution is -0.384. The number of carbonyl (C=O) groups excluding carboxylic acids is 1. The zero-order chi connectivity index (χ0) is 17.8. The highest BCUT2D eigenvalue weighted by atomic mass is 16.6. The molecular formula is C15H20N2O6. The van der Waals surface area contributed by atoms with Gasteiger partial charge in [0.05, 0.1) is 16.9 Å². The van der Waals surface area contributed by atoms with Gasteiger partial charge in [-0.15, -0.1) is 0 Å². The minimum absolute atomic E-state index is 0.118. The number of carboxylic acids is 1. The van der Waals surface area contributed by atoms with Crippen LogP contribution in [0, 0.1) is 16.0 Å². The normalized spacial score (nSPS) is 13.7. The third kappa shape index (κ3) is 5.57. The Morgan fingerprint density at radius 1 is 1.26 bits per heavy atom. The third-order valence-electron chi connectivity index (χ3n) is 3.02. The number of ether oxygens (including phenoxy) is 1. The van der Waals surface area contributed by atoms with Gasteiger partial charge in [-0.05, 0) is 33.3 Å². The highest BCUT2D eigenvalue weighted by Crippen LogP contribution is 2.25.